The van der Waals surface area contributed by atoms with E-state index < -0.39 is 23.2 Å². The number of halogens is 4. The lowest BCUT2D eigenvalue weighted by Crippen LogP contribution is -2.12. The third-order valence-corrected chi connectivity index (χ3v) is 5.65. The topological polar surface area (TPSA) is 72.8 Å². The summed E-state index contributed by atoms with van der Waals surface area (Å²) in [7, 11) is 3.07. The molecule has 2 aromatic carbocycles. The van der Waals surface area contributed by atoms with E-state index in [2.05, 4.69) is 15.0 Å². The Kier molecular flexibility index (Phi) is 4.89. The number of methoxy groups -OCH3 is 1. The van der Waals surface area contributed by atoms with Crippen LogP contribution in [0, 0.1) is 5.82 Å². The van der Waals surface area contributed by atoms with Crippen molar-refractivity contribution in [1.29, 1.82) is 0 Å². The predicted molar refractivity (Wildman–Crippen MR) is 119 cm³/mol. The number of H-pyrrole nitrogens is 1. The smallest absolute Gasteiger partial charge is 0.416 e. The molecule has 0 aliphatic rings. The number of benzene rings is 2. The van der Waals surface area contributed by atoms with Gasteiger partial charge < -0.3 is 9.72 Å². The maximum atomic E-state index is 14.5. The van der Waals surface area contributed by atoms with Crippen molar-refractivity contribution in [1.82, 2.24) is 19.5 Å². The summed E-state index contributed by atoms with van der Waals surface area (Å²) >= 11 is 0. The molecule has 0 radical (unpaired) electrons. The lowest BCUT2D eigenvalue weighted by Gasteiger charge is -2.12. The first-order valence-electron chi connectivity index (χ1n) is 10.1. The van der Waals surface area contributed by atoms with Gasteiger partial charge in [0, 0.05) is 35.8 Å². The number of nitrogens with zero attached hydrogens (tertiary/aromatic N) is 3. The van der Waals surface area contributed by atoms with Crippen LogP contribution in [0.3, 0.4) is 0 Å². The second kappa shape index (κ2) is 7.68. The molecule has 0 bridgehead atoms. The molecule has 3 aromatic heterocycles. The van der Waals surface area contributed by atoms with Gasteiger partial charge in [-0.2, -0.15) is 13.2 Å². The number of imidazole rings is 1. The second-order valence-corrected chi connectivity index (χ2v) is 7.69. The van der Waals surface area contributed by atoms with Gasteiger partial charge in [-0.1, -0.05) is 6.07 Å². The molecule has 1 N–H and O–H groups in total. The number of pyridine rings is 2. The van der Waals surface area contributed by atoms with Gasteiger partial charge in [0.25, 0.3) is 0 Å². The van der Waals surface area contributed by atoms with Crippen molar-refractivity contribution in [3.63, 3.8) is 0 Å². The number of hydrogen-bond donors (Lipinski definition) is 1. The molecule has 5 aromatic rings. The molecule has 0 aliphatic carbocycles. The second-order valence-electron chi connectivity index (χ2n) is 7.69. The summed E-state index contributed by atoms with van der Waals surface area (Å²) in [5.41, 5.74) is 1.16. The summed E-state index contributed by atoms with van der Waals surface area (Å²) in [5.74, 6) is -0.379. The van der Waals surface area contributed by atoms with Crippen molar-refractivity contribution < 1.29 is 22.3 Å². The number of aryl methyl sites for hydroxylation is 1. The largest absolute Gasteiger partial charge is 0.481 e. The molecule has 5 rings (SSSR count). The first kappa shape index (κ1) is 21.6. The SMILES string of the molecule is COc1ccc(-c2nc3ccc(-c4cc(C(F)(F)F)ccc4F)cc3c3[nH]c(=O)n(C)c23)cn1. The van der Waals surface area contributed by atoms with E-state index in [0.717, 1.165) is 12.1 Å². The Morgan fingerprint density at radius 2 is 1.79 bits per heavy atom. The van der Waals surface area contributed by atoms with Gasteiger partial charge in [-0.05, 0) is 42.0 Å². The molecule has 0 saturated carbocycles. The van der Waals surface area contributed by atoms with Crippen LogP contribution in [0.1, 0.15) is 5.56 Å². The Morgan fingerprint density at radius 3 is 2.47 bits per heavy atom. The van der Waals surface area contributed by atoms with Crippen molar-refractivity contribution >= 4 is 21.9 Å². The highest BCUT2D eigenvalue weighted by Crippen LogP contribution is 2.36. The molecule has 3 heterocycles. The van der Waals surface area contributed by atoms with E-state index in [1.807, 2.05) is 0 Å². The van der Waals surface area contributed by atoms with Gasteiger partial charge in [0.05, 0.1) is 34.9 Å². The van der Waals surface area contributed by atoms with Crippen LogP contribution in [0.25, 0.3) is 44.3 Å². The van der Waals surface area contributed by atoms with Crippen LogP contribution in [-0.2, 0) is 13.2 Å². The van der Waals surface area contributed by atoms with Gasteiger partial charge in [-0.15, -0.1) is 0 Å². The normalized spacial score (nSPS) is 11.9. The minimum absolute atomic E-state index is 0.202. The molecule has 0 spiro atoms. The van der Waals surface area contributed by atoms with Crippen LogP contribution in [-0.4, -0.2) is 26.6 Å². The summed E-state index contributed by atoms with van der Waals surface area (Å²) in [6.45, 7) is 0. The fraction of sp³-hybridized carbons (Fsp3) is 0.125. The zero-order valence-electron chi connectivity index (χ0n) is 17.9. The molecule has 0 atom stereocenters. The maximum Gasteiger partial charge on any atom is 0.416 e. The van der Waals surface area contributed by atoms with E-state index in [1.54, 1.807) is 31.4 Å². The zero-order valence-corrected chi connectivity index (χ0v) is 17.9. The van der Waals surface area contributed by atoms with Gasteiger partial charge in [0.2, 0.25) is 5.88 Å². The van der Waals surface area contributed by atoms with E-state index >= 15 is 0 Å². The Balaban J connectivity index is 1.77. The number of hydrogen-bond acceptors (Lipinski definition) is 4. The van der Waals surface area contributed by atoms with Gasteiger partial charge in [0.1, 0.15) is 5.82 Å². The van der Waals surface area contributed by atoms with Crippen LogP contribution in [0.2, 0.25) is 0 Å². The maximum absolute atomic E-state index is 14.5. The van der Waals surface area contributed by atoms with Crippen molar-refractivity contribution in [3.05, 3.63) is 76.6 Å². The predicted octanol–water partition coefficient (Wildman–Crippen LogP) is 5.31. The number of aromatic amines is 1. The highest BCUT2D eigenvalue weighted by molar-refractivity contribution is 6.08. The average molecular weight is 468 g/mol. The molecule has 0 aliphatic heterocycles. The molecule has 10 heteroatoms. The lowest BCUT2D eigenvalue weighted by atomic mass is 9.99. The Bertz CT molecular complexity index is 1620. The summed E-state index contributed by atoms with van der Waals surface area (Å²) < 4.78 is 60.6. The van der Waals surface area contributed by atoms with E-state index in [9.17, 15) is 22.4 Å². The first-order valence-corrected chi connectivity index (χ1v) is 10.1. The van der Waals surface area contributed by atoms with E-state index in [4.69, 9.17) is 4.74 Å². The van der Waals surface area contributed by atoms with Gasteiger partial charge in [-0.3, -0.25) is 4.57 Å². The van der Waals surface area contributed by atoms with E-state index in [-0.39, 0.29) is 11.1 Å². The number of fused-ring (bicyclic) bond motifs is 3. The average Bonchev–Trinajstić information content (AvgIpc) is 3.12. The number of rotatable bonds is 3. The molecular formula is C24H16F4N4O2. The molecule has 6 nitrogen and oxygen atoms in total. The first-order chi connectivity index (χ1) is 16.2. The van der Waals surface area contributed by atoms with Crippen LogP contribution in [0.15, 0.2) is 59.5 Å². The summed E-state index contributed by atoms with van der Waals surface area (Å²) in [6, 6.07) is 10.3. The Morgan fingerprint density at radius 1 is 1.03 bits per heavy atom. The Labute approximate surface area is 189 Å². The summed E-state index contributed by atoms with van der Waals surface area (Å²) in [6.07, 6.45) is -3.05. The number of nitrogens with one attached hydrogen (secondary N) is 1. The minimum Gasteiger partial charge on any atom is -0.481 e. The molecule has 0 amide bonds. The molecular weight excluding hydrogens is 452 g/mol. The van der Waals surface area contributed by atoms with Gasteiger partial charge in [-0.25, -0.2) is 19.2 Å². The Hall–Kier alpha value is -4.21. The number of aromatic nitrogens is 4. The van der Waals surface area contributed by atoms with Crippen LogP contribution >= 0.6 is 0 Å². The van der Waals surface area contributed by atoms with Gasteiger partial charge >= 0.3 is 11.9 Å². The fourth-order valence-corrected chi connectivity index (χ4v) is 3.93. The molecule has 0 saturated heterocycles. The fourth-order valence-electron chi connectivity index (χ4n) is 3.93. The molecule has 172 valence electrons. The third kappa shape index (κ3) is 3.47. The van der Waals surface area contributed by atoms with Crippen molar-refractivity contribution in [2.45, 2.75) is 6.18 Å². The van der Waals surface area contributed by atoms with E-state index in [1.165, 1.54) is 23.8 Å². The third-order valence-electron chi connectivity index (χ3n) is 5.65. The molecule has 0 fully saturated rings. The minimum atomic E-state index is -4.61. The van der Waals surface area contributed by atoms with Gasteiger partial charge in [0.15, 0.2) is 0 Å². The highest BCUT2D eigenvalue weighted by atomic mass is 19.4. The number of alkyl halides is 3. The summed E-state index contributed by atoms with van der Waals surface area (Å²) in [4.78, 5) is 24.1. The molecule has 34 heavy (non-hydrogen) atoms. The standard InChI is InChI=1S/C24H16F4N4O2/c1-32-22-20(13-4-8-19(34-2)29-11-13)30-18-7-3-12(9-16(18)21(22)31-23(32)33)15-10-14(24(26,27)28)5-6-17(15)25/h3-11H,1-2H3,(H,31,33). The van der Waals surface area contributed by atoms with Crippen LogP contribution in [0.4, 0.5) is 17.6 Å². The molecule has 0 unspecified atom stereocenters. The zero-order chi connectivity index (χ0) is 24.2. The van der Waals surface area contributed by atoms with Crippen molar-refractivity contribution in [2.24, 2.45) is 7.05 Å². The van der Waals surface area contributed by atoms with Crippen molar-refractivity contribution in [3.8, 4) is 28.3 Å². The van der Waals surface area contributed by atoms with Crippen LogP contribution in [0.5, 0.6) is 5.88 Å². The number of ether oxygens (including phenoxy) is 1. The van der Waals surface area contributed by atoms with Crippen LogP contribution < -0.4 is 10.4 Å². The van der Waals surface area contributed by atoms with E-state index in [0.29, 0.717) is 45.1 Å². The summed E-state index contributed by atoms with van der Waals surface area (Å²) in [5, 5.41) is 0.465. The monoisotopic (exact) mass is 468 g/mol. The lowest BCUT2D eigenvalue weighted by molar-refractivity contribution is -0.137. The quantitative estimate of drug-likeness (QED) is 0.364. The highest BCUT2D eigenvalue weighted by Gasteiger charge is 2.31. The van der Waals surface area contributed by atoms with Crippen molar-refractivity contribution in [2.75, 3.05) is 7.11 Å².